The second-order valence-corrected chi connectivity index (χ2v) is 6.82. The van der Waals surface area contributed by atoms with Gasteiger partial charge in [0.15, 0.2) is 11.6 Å². The lowest BCUT2D eigenvalue weighted by atomic mass is 9.97. The molecule has 1 aliphatic heterocycles. The number of morpholine rings is 1. The Hall–Kier alpha value is -2.63. The molecule has 5 heteroatoms. The van der Waals surface area contributed by atoms with Crippen molar-refractivity contribution in [3.8, 4) is 22.6 Å². The number of nitrogens with zero attached hydrogens (tertiary/aromatic N) is 1. The Morgan fingerprint density at radius 3 is 2.64 bits per heavy atom. The van der Waals surface area contributed by atoms with Gasteiger partial charge in [-0.1, -0.05) is 36.4 Å². The third-order valence-electron chi connectivity index (χ3n) is 5.08. The van der Waals surface area contributed by atoms with Crippen LogP contribution in [-0.2, 0) is 4.74 Å². The molecule has 1 saturated heterocycles. The van der Waals surface area contributed by atoms with Crippen LogP contribution in [0.2, 0.25) is 0 Å². The van der Waals surface area contributed by atoms with Crippen molar-refractivity contribution in [1.29, 1.82) is 0 Å². The lowest BCUT2D eigenvalue weighted by Gasteiger charge is -2.26. The highest BCUT2D eigenvalue weighted by atomic mass is 19.1. The fourth-order valence-electron chi connectivity index (χ4n) is 3.64. The topological polar surface area (TPSA) is 30.9 Å². The van der Waals surface area contributed by atoms with E-state index in [1.807, 2.05) is 42.5 Å². The first kappa shape index (κ1) is 18.7. The first-order chi connectivity index (χ1) is 13.8. The van der Waals surface area contributed by atoms with Gasteiger partial charge >= 0.3 is 0 Å². The molecule has 0 aliphatic carbocycles. The van der Waals surface area contributed by atoms with Gasteiger partial charge in [0.2, 0.25) is 0 Å². The van der Waals surface area contributed by atoms with E-state index in [1.54, 1.807) is 6.07 Å². The number of halogens is 1. The zero-order valence-corrected chi connectivity index (χ0v) is 16.0. The van der Waals surface area contributed by atoms with E-state index in [2.05, 4.69) is 4.90 Å². The molecule has 0 saturated carbocycles. The van der Waals surface area contributed by atoms with Crippen LogP contribution in [-0.4, -0.2) is 51.5 Å². The maximum Gasteiger partial charge on any atom is 0.165 e. The SMILES string of the molecule is COc1c(F)cccc1-c1cc(OCCN2CCOCC2)cc2ccccc12. The fraction of sp³-hybridized carbons (Fsp3) is 0.304. The predicted octanol–water partition coefficient (Wildman–Crippen LogP) is 4.37. The molecule has 146 valence electrons. The molecule has 28 heavy (non-hydrogen) atoms. The molecule has 0 spiro atoms. The van der Waals surface area contributed by atoms with Crippen LogP contribution in [0.25, 0.3) is 21.9 Å². The predicted molar refractivity (Wildman–Crippen MR) is 109 cm³/mol. The lowest BCUT2D eigenvalue weighted by Crippen LogP contribution is -2.38. The molecule has 0 N–H and O–H groups in total. The molecule has 0 atom stereocenters. The zero-order chi connectivity index (χ0) is 19.3. The number of hydrogen-bond donors (Lipinski definition) is 0. The van der Waals surface area contributed by atoms with Crippen LogP contribution in [0.3, 0.4) is 0 Å². The van der Waals surface area contributed by atoms with Crippen molar-refractivity contribution in [2.45, 2.75) is 0 Å². The Morgan fingerprint density at radius 2 is 1.82 bits per heavy atom. The number of rotatable bonds is 6. The van der Waals surface area contributed by atoms with E-state index in [0.717, 1.165) is 60.5 Å². The van der Waals surface area contributed by atoms with Crippen molar-refractivity contribution in [3.63, 3.8) is 0 Å². The highest BCUT2D eigenvalue weighted by Gasteiger charge is 2.15. The van der Waals surface area contributed by atoms with Crippen LogP contribution >= 0.6 is 0 Å². The van der Waals surface area contributed by atoms with Gasteiger partial charge in [-0.2, -0.15) is 0 Å². The summed E-state index contributed by atoms with van der Waals surface area (Å²) in [6.07, 6.45) is 0. The monoisotopic (exact) mass is 381 g/mol. The minimum atomic E-state index is -0.372. The summed E-state index contributed by atoms with van der Waals surface area (Å²) in [5.41, 5.74) is 1.62. The second-order valence-electron chi connectivity index (χ2n) is 6.82. The van der Waals surface area contributed by atoms with E-state index in [9.17, 15) is 4.39 Å². The summed E-state index contributed by atoms with van der Waals surface area (Å²) in [5.74, 6) is 0.647. The lowest BCUT2D eigenvalue weighted by molar-refractivity contribution is 0.0322. The van der Waals surface area contributed by atoms with Crippen LogP contribution in [0.5, 0.6) is 11.5 Å². The molecular weight excluding hydrogens is 357 g/mol. The largest absolute Gasteiger partial charge is 0.493 e. The molecule has 1 fully saturated rings. The number of methoxy groups -OCH3 is 1. The Kier molecular flexibility index (Phi) is 5.74. The average molecular weight is 381 g/mol. The summed E-state index contributed by atoms with van der Waals surface area (Å²) in [5, 5.41) is 2.08. The van der Waals surface area contributed by atoms with E-state index in [0.29, 0.717) is 6.61 Å². The number of benzene rings is 3. The van der Waals surface area contributed by atoms with Gasteiger partial charge in [-0.05, 0) is 34.5 Å². The van der Waals surface area contributed by atoms with Gasteiger partial charge in [0.1, 0.15) is 12.4 Å². The average Bonchev–Trinajstić information content (AvgIpc) is 2.74. The first-order valence-electron chi connectivity index (χ1n) is 9.55. The summed E-state index contributed by atoms with van der Waals surface area (Å²) < 4.78 is 31.1. The fourth-order valence-corrected chi connectivity index (χ4v) is 3.64. The van der Waals surface area contributed by atoms with Crippen LogP contribution in [0.4, 0.5) is 4.39 Å². The molecule has 0 amide bonds. The van der Waals surface area contributed by atoms with Crippen LogP contribution in [0.15, 0.2) is 54.6 Å². The van der Waals surface area contributed by atoms with Gasteiger partial charge in [0, 0.05) is 25.2 Å². The molecule has 1 heterocycles. The summed E-state index contributed by atoms with van der Waals surface area (Å²) in [6.45, 7) is 4.88. The van der Waals surface area contributed by atoms with E-state index < -0.39 is 0 Å². The highest BCUT2D eigenvalue weighted by Crippen LogP contribution is 2.39. The van der Waals surface area contributed by atoms with Gasteiger partial charge in [-0.25, -0.2) is 4.39 Å². The zero-order valence-electron chi connectivity index (χ0n) is 16.0. The van der Waals surface area contributed by atoms with Crippen LogP contribution in [0, 0.1) is 5.82 Å². The number of para-hydroxylation sites is 1. The minimum Gasteiger partial charge on any atom is -0.493 e. The van der Waals surface area contributed by atoms with E-state index in [4.69, 9.17) is 14.2 Å². The van der Waals surface area contributed by atoms with Crippen LogP contribution < -0.4 is 9.47 Å². The Bertz CT molecular complexity index is 954. The third kappa shape index (κ3) is 3.96. The molecule has 1 aliphatic rings. The number of hydrogen-bond acceptors (Lipinski definition) is 4. The maximum absolute atomic E-state index is 14.3. The third-order valence-corrected chi connectivity index (χ3v) is 5.08. The standard InChI is InChI=1S/C23H24FNO3/c1-26-23-20(7-4-8-22(23)24)21-16-18(15-17-5-2-3-6-19(17)21)28-14-11-25-9-12-27-13-10-25/h2-8,15-16H,9-14H2,1H3. The van der Waals surface area contributed by atoms with Gasteiger partial charge in [0.05, 0.1) is 20.3 Å². The van der Waals surface area contributed by atoms with Crippen molar-refractivity contribution >= 4 is 10.8 Å². The van der Waals surface area contributed by atoms with Crippen LogP contribution in [0.1, 0.15) is 0 Å². The molecule has 4 nitrogen and oxygen atoms in total. The summed E-state index contributed by atoms with van der Waals surface area (Å²) in [7, 11) is 1.49. The van der Waals surface area contributed by atoms with Gasteiger partial charge in [0.25, 0.3) is 0 Å². The highest BCUT2D eigenvalue weighted by molar-refractivity contribution is 5.99. The molecule has 0 aromatic heterocycles. The van der Waals surface area contributed by atoms with Crippen molar-refractivity contribution in [3.05, 3.63) is 60.4 Å². The second kappa shape index (κ2) is 8.59. The summed E-state index contributed by atoms with van der Waals surface area (Å²) >= 11 is 0. The maximum atomic E-state index is 14.3. The molecular formula is C23H24FNO3. The van der Waals surface area contributed by atoms with E-state index in [-0.39, 0.29) is 11.6 Å². The van der Waals surface area contributed by atoms with Gasteiger partial charge in [-0.3, -0.25) is 4.90 Å². The van der Waals surface area contributed by atoms with E-state index in [1.165, 1.54) is 13.2 Å². The Balaban J connectivity index is 1.65. The molecule has 0 bridgehead atoms. The number of fused-ring (bicyclic) bond motifs is 1. The Morgan fingerprint density at radius 1 is 1.00 bits per heavy atom. The van der Waals surface area contributed by atoms with E-state index >= 15 is 0 Å². The molecule has 3 aromatic rings. The smallest absolute Gasteiger partial charge is 0.165 e. The Labute approximate surface area is 164 Å². The van der Waals surface area contributed by atoms with Crippen molar-refractivity contribution < 1.29 is 18.6 Å². The van der Waals surface area contributed by atoms with Crippen molar-refractivity contribution in [1.82, 2.24) is 4.90 Å². The van der Waals surface area contributed by atoms with Crippen molar-refractivity contribution in [2.75, 3.05) is 46.6 Å². The minimum absolute atomic E-state index is 0.248. The normalized spacial score (nSPS) is 14.9. The van der Waals surface area contributed by atoms with Crippen molar-refractivity contribution in [2.24, 2.45) is 0 Å². The molecule has 4 rings (SSSR count). The van der Waals surface area contributed by atoms with Gasteiger partial charge < -0.3 is 14.2 Å². The summed E-state index contributed by atoms with van der Waals surface area (Å²) in [4.78, 5) is 2.33. The van der Waals surface area contributed by atoms with Gasteiger partial charge in [-0.15, -0.1) is 0 Å². The quantitative estimate of drug-likeness (QED) is 0.635. The first-order valence-corrected chi connectivity index (χ1v) is 9.55. The molecule has 0 radical (unpaired) electrons. The number of ether oxygens (including phenoxy) is 3. The summed E-state index contributed by atoms with van der Waals surface area (Å²) in [6, 6.07) is 17.0. The molecule has 3 aromatic carbocycles. The molecule has 0 unspecified atom stereocenters.